The molecule has 0 aliphatic heterocycles. The van der Waals surface area contributed by atoms with Crippen molar-refractivity contribution in [1.82, 2.24) is 20.2 Å². The van der Waals surface area contributed by atoms with Crippen molar-refractivity contribution in [2.45, 2.75) is 10.9 Å². The van der Waals surface area contributed by atoms with Crippen molar-refractivity contribution in [3.8, 4) is 11.4 Å². The molecule has 3 aromatic rings. The topological polar surface area (TPSA) is 52.8 Å². The molecule has 0 atom stereocenters. The maximum Gasteiger partial charge on any atom is 0.214 e. The van der Waals surface area contributed by atoms with Crippen LogP contribution in [0.3, 0.4) is 0 Å². The van der Waals surface area contributed by atoms with Gasteiger partial charge in [0.15, 0.2) is 0 Å². The number of para-hydroxylation sites is 2. The predicted octanol–water partition coefficient (Wildman–Crippen LogP) is 3.68. The van der Waals surface area contributed by atoms with Crippen molar-refractivity contribution in [3.05, 3.63) is 45.6 Å². The first-order valence-corrected chi connectivity index (χ1v) is 8.24. The van der Waals surface area contributed by atoms with Gasteiger partial charge < -0.3 is 4.74 Å². The van der Waals surface area contributed by atoms with Gasteiger partial charge in [0.05, 0.1) is 11.4 Å². The van der Waals surface area contributed by atoms with Crippen LogP contribution in [-0.4, -0.2) is 27.3 Å². The maximum atomic E-state index is 5.93. The summed E-state index contributed by atoms with van der Waals surface area (Å²) in [6, 6.07) is 11.5. The normalized spacial score (nSPS) is 10.8. The van der Waals surface area contributed by atoms with Crippen molar-refractivity contribution < 1.29 is 4.74 Å². The van der Waals surface area contributed by atoms with Crippen LogP contribution < -0.4 is 4.74 Å². The van der Waals surface area contributed by atoms with Gasteiger partial charge in [0.1, 0.15) is 11.4 Å². The smallest absolute Gasteiger partial charge is 0.214 e. The summed E-state index contributed by atoms with van der Waals surface area (Å²) < 4.78 is 7.82. The largest absolute Gasteiger partial charge is 0.494 e. The zero-order chi connectivity index (χ0) is 14.7. The quantitative estimate of drug-likeness (QED) is 0.664. The Morgan fingerprint density at radius 2 is 2.14 bits per heavy atom. The molecule has 21 heavy (non-hydrogen) atoms. The Balaban J connectivity index is 1.83. The lowest BCUT2D eigenvalue weighted by atomic mass is 10.3. The highest BCUT2D eigenvalue weighted by atomic mass is 35.5. The van der Waals surface area contributed by atoms with Gasteiger partial charge in [0, 0.05) is 10.6 Å². The standard InChI is InChI=1S/C13H11ClN4OS2/c1-19-11-5-3-2-4-10(11)18-13(15-16-17-18)20-8-9-6-7-12(14)21-9/h2-7H,8H2,1H3. The lowest BCUT2D eigenvalue weighted by Crippen LogP contribution is -2.01. The van der Waals surface area contributed by atoms with Crippen molar-refractivity contribution in [3.63, 3.8) is 0 Å². The molecular weight excluding hydrogens is 328 g/mol. The lowest BCUT2D eigenvalue weighted by Gasteiger charge is -2.08. The van der Waals surface area contributed by atoms with Crippen molar-refractivity contribution in [2.24, 2.45) is 0 Å². The molecule has 0 saturated heterocycles. The number of rotatable bonds is 5. The fraction of sp³-hybridized carbons (Fsp3) is 0.154. The number of ether oxygens (including phenoxy) is 1. The minimum absolute atomic E-state index is 0.712. The molecule has 3 rings (SSSR count). The average molecular weight is 339 g/mol. The van der Waals surface area contributed by atoms with E-state index in [4.69, 9.17) is 16.3 Å². The maximum absolute atomic E-state index is 5.93. The van der Waals surface area contributed by atoms with Gasteiger partial charge in [-0.3, -0.25) is 0 Å². The summed E-state index contributed by atoms with van der Waals surface area (Å²) in [4.78, 5) is 1.18. The third kappa shape index (κ3) is 3.20. The monoisotopic (exact) mass is 338 g/mol. The second-order valence-corrected chi connectivity index (χ2v) is 6.78. The molecule has 0 aliphatic rings. The van der Waals surface area contributed by atoms with Crippen LogP contribution in [0.25, 0.3) is 5.69 Å². The Kier molecular flexibility index (Phi) is 4.42. The zero-order valence-electron chi connectivity index (χ0n) is 11.1. The molecule has 1 aromatic carbocycles. The number of hydrogen-bond donors (Lipinski definition) is 0. The van der Waals surface area contributed by atoms with Crippen LogP contribution in [0.4, 0.5) is 0 Å². The molecule has 5 nitrogen and oxygen atoms in total. The number of aromatic nitrogens is 4. The summed E-state index contributed by atoms with van der Waals surface area (Å²) in [5.41, 5.74) is 0.816. The molecule has 0 spiro atoms. The molecule has 108 valence electrons. The van der Waals surface area contributed by atoms with E-state index in [1.807, 2.05) is 36.4 Å². The second-order valence-electron chi connectivity index (χ2n) is 4.04. The average Bonchev–Trinajstić information content (AvgIpc) is 3.13. The van der Waals surface area contributed by atoms with Gasteiger partial charge in [-0.25, -0.2) is 0 Å². The highest BCUT2D eigenvalue weighted by Crippen LogP contribution is 2.30. The summed E-state index contributed by atoms with van der Waals surface area (Å²) in [5.74, 6) is 1.50. The number of methoxy groups -OCH3 is 1. The van der Waals surface area contributed by atoms with Gasteiger partial charge in [0.2, 0.25) is 5.16 Å². The number of tetrazole rings is 1. The minimum atomic E-state index is 0.712. The van der Waals surface area contributed by atoms with Gasteiger partial charge in [0.25, 0.3) is 0 Å². The zero-order valence-corrected chi connectivity index (χ0v) is 13.5. The molecule has 0 radical (unpaired) electrons. The van der Waals surface area contributed by atoms with E-state index >= 15 is 0 Å². The highest BCUT2D eigenvalue weighted by Gasteiger charge is 2.13. The van der Waals surface area contributed by atoms with Crippen LogP contribution in [0.5, 0.6) is 5.75 Å². The van der Waals surface area contributed by atoms with Gasteiger partial charge in [-0.1, -0.05) is 35.5 Å². The van der Waals surface area contributed by atoms with E-state index in [0.29, 0.717) is 5.16 Å². The Bertz CT molecular complexity index is 743. The van der Waals surface area contributed by atoms with Crippen molar-refractivity contribution in [2.75, 3.05) is 7.11 Å². The summed E-state index contributed by atoms with van der Waals surface area (Å²) in [6.07, 6.45) is 0. The fourth-order valence-corrected chi connectivity index (χ4v) is 3.80. The molecule has 0 saturated carbocycles. The SMILES string of the molecule is COc1ccccc1-n1nnnc1SCc1ccc(Cl)s1. The number of halogens is 1. The molecule has 2 heterocycles. The first-order valence-electron chi connectivity index (χ1n) is 6.06. The molecule has 8 heteroatoms. The van der Waals surface area contributed by atoms with E-state index in [-0.39, 0.29) is 0 Å². The number of thiophene rings is 1. The minimum Gasteiger partial charge on any atom is -0.494 e. The van der Waals surface area contributed by atoms with Gasteiger partial charge in [-0.05, 0) is 34.7 Å². The van der Waals surface area contributed by atoms with Crippen LogP contribution in [0.1, 0.15) is 4.88 Å². The number of thioether (sulfide) groups is 1. The second kappa shape index (κ2) is 6.46. The van der Waals surface area contributed by atoms with E-state index in [0.717, 1.165) is 21.5 Å². The van der Waals surface area contributed by atoms with E-state index < -0.39 is 0 Å². The summed E-state index contributed by atoms with van der Waals surface area (Å²) in [6.45, 7) is 0. The summed E-state index contributed by atoms with van der Waals surface area (Å²) >= 11 is 9.05. The van der Waals surface area contributed by atoms with E-state index in [2.05, 4.69) is 15.5 Å². The van der Waals surface area contributed by atoms with Gasteiger partial charge >= 0.3 is 0 Å². The third-order valence-corrected chi connectivity index (χ3v) is 5.11. The first-order chi connectivity index (χ1) is 10.3. The van der Waals surface area contributed by atoms with E-state index in [9.17, 15) is 0 Å². The number of benzene rings is 1. The molecule has 0 unspecified atom stereocenters. The third-order valence-electron chi connectivity index (χ3n) is 2.73. The molecular formula is C13H11ClN4OS2. The van der Waals surface area contributed by atoms with E-state index in [1.165, 1.54) is 4.88 Å². The Labute approximate surface area is 134 Å². The van der Waals surface area contributed by atoms with Crippen molar-refractivity contribution >= 4 is 34.7 Å². The Hall–Kier alpha value is -1.57. The van der Waals surface area contributed by atoms with Crippen LogP contribution in [0, 0.1) is 0 Å². The summed E-state index contributed by atoms with van der Waals surface area (Å²) in [7, 11) is 1.63. The molecule has 2 aromatic heterocycles. The summed E-state index contributed by atoms with van der Waals surface area (Å²) in [5, 5.41) is 12.6. The van der Waals surface area contributed by atoms with Gasteiger partial charge in [-0.15, -0.1) is 16.4 Å². The fourth-order valence-electron chi connectivity index (χ4n) is 1.79. The van der Waals surface area contributed by atoms with Crippen LogP contribution in [-0.2, 0) is 5.75 Å². The van der Waals surface area contributed by atoms with Crippen LogP contribution >= 0.6 is 34.7 Å². The predicted molar refractivity (Wildman–Crippen MR) is 84.6 cm³/mol. The lowest BCUT2D eigenvalue weighted by molar-refractivity contribution is 0.410. The van der Waals surface area contributed by atoms with Crippen LogP contribution in [0.2, 0.25) is 4.34 Å². The van der Waals surface area contributed by atoms with Crippen molar-refractivity contribution in [1.29, 1.82) is 0 Å². The molecule has 0 aliphatic carbocycles. The Morgan fingerprint density at radius 1 is 1.29 bits per heavy atom. The molecule has 0 fully saturated rings. The van der Waals surface area contributed by atoms with E-state index in [1.54, 1.807) is 34.9 Å². The highest BCUT2D eigenvalue weighted by molar-refractivity contribution is 7.98. The first kappa shape index (κ1) is 14.4. The van der Waals surface area contributed by atoms with Crippen LogP contribution in [0.15, 0.2) is 41.6 Å². The molecule has 0 bridgehead atoms. The Morgan fingerprint density at radius 3 is 2.90 bits per heavy atom. The molecule has 0 amide bonds. The number of hydrogen-bond acceptors (Lipinski definition) is 6. The van der Waals surface area contributed by atoms with Gasteiger partial charge in [-0.2, -0.15) is 4.68 Å². The number of nitrogens with zero attached hydrogens (tertiary/aromatic N) is 4. The molecule has 0 N–H and O–H groups in total.